The van der Waals surface area contributed by atoms with Gasteiger partial charge in [-0.3, -0.25) is 4.79 Å². The third-order valence-electron chi connectivity index (χ3n) is 6.15. The topological polar surface area (TPSA) is 55.4 Å². The molecule has 0 saturated heterocycles. The molecular formula is C23H24F3NO3. The summed E-state index contributed by atoms with van der Waals surface area (Å²) in [7, 11) is 0. The summed E-state index contributed by atoms with van der Waals surface area (Å²) in [5.41, 5.74) is 0.527. The molecule has 1 aliphatic heterocycles. The van der Waals surface area contributed by atoms with Crippen LogP contribution in [0.25, 0.3) is 0 Å². The molecule has 7 heteroatoms. The van der Waals surface area contributed by atoms with E-state index in [0.29, 0.717) is 24.2 Å². The molecule has 1 fully saturated rings. The van der Waals surface area contributed by atoms with Gasteiger partial charge in [0.2, 0.25) is 0 Å². The standard InChI is InChI=1S/C23H24F3NO3/c1-13-19(22(29)30-14-7-2-3-8-14)20(21-17(27-13)11-6-12-18(21)28)15-9-4-5-10-16(15)23(24,25)26/h4-5,9-10,14,20,27H,2-3,6-8,11-12H2,1H3/t20-/m1/s1. The number of ketones is 1. The normalized spacial score (nSPS) is 22.8. The van der Waals surface area contributed by atoms with E-state index in [1.807, 2.05) is 0 Å². The molecule has 1 aromatic rings. The number of alkyl halides is 3. The first-order chi connectivity index (χ1) is 14.3. The van der Waals surface area contributed by atoms with E-state index in [0.717, 1.165) is 31.7 Å². The van der Waals surface area contributed by atoms with Gasteiger partial charge in [-0.05, 0) is 57.1 Å². The monoisotopic (exact) mass is 419 g/mol. The molecule has 1 aromatic carbocycles. The van der Waals surface area contributed by atoms with Crippen LogP contribution in [0.5, 0.6) is 0 Å². The zero-order chi connectivity index (χ0) is 21.5. The van der Waals surface area contributed by atoms with E-state index in [1.165, 1.54) is 18.2 Å². The summed E-state index contributed by atoms with van der Waals surface area (Å²) in [4.78, 5) is 26.0. The van der Waals surface area contributed by atoms with E-state index in [1.54, 1.807) is 6.92 Å². The Kier molecular flexibility index (Phi) is 5.47. The molecule has 160 valence electrons. The van der Waals surface area contributed by atoms with Gasteiger partial charge in [0.25, 0.3) is 0 Å². The van der Waals surface area contributed by atoms with Gasteiger partial charge in [0.05, 0.1) is 11.1 Å². The fourth-order valence-electron chi connectivity index (χ4n) is 4.79. The number of dihydropyridines is 1. The first-order valence-corrected chi connectivity index (χ1v) is 10.4. The highest BCUT2D eigenvalue weighted by atomic mass is 19.4. The van der Waals surface area contributed by atoms with Gasteiger partial charge >= 0.3 is 12.1 Å². The van der Waals surface area contributed by atoms with Crippen LogP contribution in [-0.4, -0.2) is 17.9 Å². The molecule has 0 amide bonds. The van der Waals surface area contributed by atoms with Gasteiger partial charge in [-0.1, -0.05) is 18.2 Å². The van der Waals surface area contributed by atoms with Crippen molar-refractivity contribution in [3.05, 3.63) is 57.9 Å². The quantitative estimate of drug-likeness (QED) is 0.688. The maximum Gasteiger partial charge on any atom is 0.416 e. The number of esters is 1. The minimum Gasteiger partial charge on any atom is -0.459 e. The maximum absolute atomic E-state index is 13.8. The number of hydrogen-bond donors (Lipinski definition) is 1. The number of Topliss-reactive ketones (excluding diaryl/α,β-unsaturated/α-hetero) is 1. The molecule has 1 N–H and O–H groups in total. The number of hydrogen-bond acceptors (Lipinski definition) is 4. The van der Waals surface area contributed by atoms with Crippen LogP contribution in [0.15, 0.2) is 46.8 Å². The van der Waals surface area contributed by atoms with Crippen LogP contribution >= 0.6 is 0 Å². The van der Waals surface area contributed by atoms with Crippen molar-refractivity contribution in [1.29, 1.82) is 0 Å². The summed E-state index contributed by atoms with van der Waals surface area (Å²) >= 11 is 0. The number of ether oxygens (including phenoxy) is 1. The molecule has 1 heterocycles. The second-order valence-corrected chi connectivity index (χ2v) is 8.16. The zero-order valence-corrected chi connectivity index (χ0v) is 16.8. The highest BCUT2D eigenvalue weighted by Gasteiger charge is 2.44. The molecule has 4 rings (SSSR count). The SMILES string of the molecule is CC1=C(C(=O)OC2CCCC2)[C@@H](c2ccccc2C(F)(F)F)C2=C(CCCC2=O)N1. The summed E-state index contributed by atoms with van der Waals surface area (Å²) < 4.78 is 47.1. The number of rotatable bonds is 3. The summed E-state index contributed by atoms with van der Waals surface area (Å²) in [6.45, 7) is 1.66. The fraction of sp³-hybridized carbons (Fsp3) is 0.478. The van der Waals surface area contributed by atoms with Crippen molar-refractivity contribution in [2.75, 3.05) is 0 Å². The molecule has 30 heavy (non-hydrogen) atoms. The highest BCUT2D eigenvalue weighted by Crippen LogP contribution is 2.46. The van der Waals surface area contributed by atoms with Crippen molar-refractivity contribution < 1.29 is 27.5 Å². The first kappa shape index (κ1) is 20.7. The predicted molar refractivity (Wildman–Crippen MR) is 104 cm³/mol. The number of carbonyl (C=O) groups excluding carboxylic acids is 2. The zero-order valence-electron chi connectivity index (χ0n) is 16.8. The van der Waals surface area contributed by atoms with Crippen molar-refractivity contribution in [3.8, 4) is 0 Å². The molecule has 1 saturated carbocycles. The Morgan fingerprint density at radius 3 is 2.50 bits per heavy atom. The van der Waals surface area contributed by atoms with E-state index in [-0.39, 0.29) is 35.0 Å². The van der Waals surface area contributed by atoms with E-state index >= 15 is 0 Å². The average molecular weight is 419 g/mol. The number of nitrogens with one attached hydrogen (secondary N) is 1. The van der Waals surface area contributed by atoms with E-state index in [4.69, 9.17) is 4.74 Å². The summed E-state index contributed by atoms with van der Waals surface area (Å²) in [6.07, 6.45) is 0.0498. The Labute approximate surface area is 173 Å². The minimum absolute atomic E-state index is 0.0769. The summed E-state index contributed by atoms with van der Waals surface area (Å²) in [6, 6.07) is 5.19. The molecule has 2 aliphatic carbocycles. The van der Waals surface area contributed by atoms with Crippen LogP contribution < -0.4 is 5.32 Å². The second-order valence-electron chi connectivity index (χ2n) is 8.16. The van der Waals surface area contributed by atoms with Crippen LogP contribution in [0.1, 0.15) is 68.9 Å². The molecule has 3 aliphatic rings. The smallest absolute Gasteiger partial charge is 0.416 e. The lowest BCUT2D eigenvalue weighted by Crippen LogP contribution is -2.35. The van der Waals surface area contributed by atoms with Gasteiger partial charge in [-0.25, -0.2) is 4.79 Å². The predicted octanol–water partition coefficient (Wildman–Crippen LogP) is 5.16. The highest BCUT2D eigenvalue weighted by molar-refractivity contribution is 6.03. The summed E-state index contributed by atoms with van der Waals surface area (Å²) in [5, 5.41) is 3.12. The van der Waals surface area contributed by atoms with E-state index in [2.05, 4.69) is 5.32 Å². The lowest BCUT2D eigenvalue weighted by Gasteiger charge is -2.35. The van der Waals surface area contributed by atoms with Crippen molar-refractivity contribution in [2.45, 2.75) is 70.1 Å². The van der Waals surface area contributed by atoms with Crippen molar-refractivity contribution in [2.24, 2.45) is 0 Å². The van der Waals surface area contributed by atoms with Crippen LogP contribution in [0.2, 0.25) is 0 Å². The molecular weight excluding hydrogens is 395 g/mol. The average Bonchev–Trinajstić information content (AvgIpc) is 3.19. The first-order valence-electron chi connectivity index (χ1n) is 10.4. The maximum atomic E-state index is 13.8. The van der Waals surface area contributed by atoms with Gasteiger partial charge in [0, 0.05) is 29.3 Å². The van der Waals surface area contributed by atoms with Gasteiger partial charge in [-0.15, -0.1) is 0 Å². The van der Waals surface area contributed by atoms with Crippen molar-refractivity contribution in [3.63, 3.8) is 0 Å². The molecule has 4 nitrogen and oxygen atoms in total. The lowest BCUT2D eigenvalue weighted by atomic mass is 9.74. The Bertz CT molecular complexity index is 939. The van der Waals surface area contributed by atoms with Crippen LogP contribution in [0, 0.1) is 0 Å². The number of allylic oxidation sites excluding steroid dienone is 3. The Morgan fingerprint density at radius 2 is 1.80 bits per heavy atom. The molecule has 0 spiro atoms. The second kappa shape index (κ2) is 7.93. The van der Waals surface area contributed by atoms with Crippen LogP contribution in [0.3, 0.4) is 0 Å². The van der Waals surface area contributed by atoms with Crippen LogP contribution in [0.4, 0.5) is 13.2 Å². The minimum atomic E-state index is -4.60. The molecule has 0 radical (unpaired) electrons. The lowest BCUT2D eigenvalue weighted by molar-refractivity contribution is -0.145. The third kappa shape index (κ3) is 3.77. The Balaban J connectivity index is 1.85. The summed E-state index contributed by atoms with van der Waals surface area (Å²) in [5.74, 6) is -1.94. The van der Waals surface area contributed by atoms with Gasteiger partial charge in [0.15, 0.2) is 5.78 Å². The number of halogens is 3. The van der Waals surface area contributed by atoms with E-state index < -0.39 is 23.6 Å². The fourth-order valence-corrected chi connectivity index (χ4v) is 4.79. The van der Waals surface area contributed by atoms with Gasteiger partial charge in [0.1, 0.15) is 6.10 Å². The molecule has 0 bridgehead atoms. The third-order valence-corrected chi connectivity index (χ3v) is 6.15. The Hall–Kier alpha value is -2.57. The largest absolute Gasteiger partial charge is 0.459 e. The van der Waals surface area contributed by atoms with Gasteiger partial charge < -0.3 is 10.1 Å². The molecule has 0 unspecified atom stereocenters. The van der Waals surface area contributed by atoms with Gasteiger partial charge in [-0.2, -0.15) is 13.2 Å². The molecule has 1 atom stereocenters. The van der Waals surface area contributed by atoms with Crippen molar-refractivity contribution in [1.82, 2.24) is 5.32 Å². The molecule has 0 aromatic heterocycles. The van der Waals surface area contributed by atoms with E-state index in [9.17, 15) is 22.8 Å². The number of carbonyl (C=O) groups is 2. The Morgan fingerprint density at radius 1 is 1.10 bits per heavy atom. The van der Waals surface area contributed by atoms with Crippen LogP contribution in [-0.2, 0) is 20.5 Å². The number of benzene rings is 1. The van der Waals surface area contributed by atoms with Crippen molar-refractivity contribution >= 4 is 11.8 Å².